The lowest BCUT2D eigenvalue weighted by Crippen LogP contribution is -2.36. The van der Waals surface area contributed by atoms with Gasteiger partial charge in [-0.1, -0.05) is 42.4 Å². The molecule has 1 atom stereocenters. The van der Waals surface area contributed by atoms with Crippen molar-refractivity contribution in [3.05, 3.63) is 75.2 Å². The van der Waals surface area contributed by atoms with Crippen molar-refractivity contribution in [1.29, 1.82) is 0 Å². The summed E-state index contributed by atoms with van der Waals surface area (Å²) < 4.78 is 13.1. The van der Waals surface area contributed by atoms with Crippen LogP contribution >= 0.6 is 31.9 Å². The number of hydrogen-bond donors (Lipinski definition) is 1. The maximum absolute atomic E-state index is 11.3. The maximum Gasteiger partial charge on any atom is 0.350 e. The van der Waals surface area contributed by atoms with Gasteiger partial charge in [0.05, 0.1) is 22.3 Å². The van der Waals surface area contributed by atoms with Crippen LogP contribution in [0.15, 0.2) is 74.8 Å². The summed E-state index contributed by atoms with van der Waals surface area (Å²) in [5.41, 5.74) is 1.26. The second-order valence-corrected chi connectivity index (χ2v) is 9.07. The number of nitrogens with zero attached hydrogens (tertiary/aromatic N) is 1. The van der Waals surface area contributed by atoms with Crippen molar-refractivity contribution in [2.24, 2.45) is 5.16 Å². The fraction of sp³-hybridized carbons (Fsp3) is 0.200. The second kappa shape index (κ2) is 10.9. The number of oxime groups is 1. The van der Waals surface area contributed by atoms with Crippen molar-refractivity contribution in [2.75, 3.05) is 7.11 Å². The fourth-order valence-corrected chi connectivity index (χ4v) is 4.31. The van der Waals surface area contributed by atoms with Crippen LogP contribution in [0.2, 0.25) is 0 Å². The summed E-state index contributed by atoms with van der Waals surface area (Å²) in [6.45, 7) is 3.21. The Bertz CT molecular complexity index is 1140. The van der Waals surface area contributed by atoms with Crippen LogP contribution in [0.1, 0.15) is 25.8 Å². The maximum atomic E-state index is 11.3. The number of halogens is 2. The van der Waals surface area contributed by atoms with E-state index >= 15 is 0 Å². The topological polar surface area (TPSA) is 77.3 Å². The molecule has 172 valence electrons. The van der Waals surface area contributed by atoms with Gasteiger partial charge < -0.3 is 19.4 Å². The number of rotatable bonds is 9. The number of hydrogen-bond acceptors (Lipinski definition) is 5. The Morgan fingerprint density at radius 3 is 2.33 bits per heavy atom. The molecule has 3 rings (SSSR count). The number of benzene rings is 3. The Labute approximate surface area is 209 Å². The molecule has 0 amide bonds. The Balaban J connectivity index is 1.84. The van der Waals surface area contributed by atoms with E-state index in [1.165, 1.54) is 13.1 Å². The molecule has 1 unspecified atom stereocenters. The average Bonchev–Trinajstić information content (AvgIpc) is 2.81. The van der Waals surface area contributed by atoms with Crippen molar-refractivity contribution in [3.63, 3.8) is 0 Å². The Morgan fingerprint density at radius 1 is 1.09 bits per heavy atom. The van der Waals surface area contributed by atoms with Crippen LogP contribution in [0.4, 0.5) is 0 Å². The third-order valence-electron chi connectivity index (χ3n) is 5.08. The molecule has 0 aliphatic rings. The lowest BCUT2D eigenvalue weighted by atomic mass is 10.0. The molecule has 1 N–H and O–H groups in total. The monoisotopic (exact) mass is 575 g/mol. The molecule has 0 aromatic heterocycles. The zero-order valence-electron chi connectivity index (χ0n) is 18.3. The summed E-state index contributed by atoms with van der Waals surface area (Å²) >= 11 is 7.08. The lowest BCUT2D eigenvalue weighted by molar-refractivity contribution is -0.163. The number of methoxy groups -OCH3 is 1. The van der Waals surface area contributed by atoms with Gasteiger partial charge in [0.25, 0.3) is 0 Å². The van der Waals surface area contributed by atoms with E-state index in [9.17, 15) is 9.90 Å². The van der Waals surface area contributed by atoms with Gasteiger partial charge in [-0.2, -0.15) is 0 Å². The van der Waals surface area contributed by atoms with Gasteiger partial charge in [0.15, 0.2) is 5.75 Å². The van der Waals surface area contributed by atoms with Crippen LogP contribution in [0.3, 0.4) is 0 Å². The largest absolute Gasteiger partial charge is 0.496 e. The first-order valence-corrected chi connectivity index (χ1v) is 11.7. The highest BCUT2D eigenvalue weighted by Crippen LogP contribution is 2.40. The zero-order chi connectivity index (χ0) is 24.0. The molecule has 3 aromatic carbocycles. The average molecular weight is 577 g/mol. The van der Waals surface area contributed by atoms with E-state index in [2.05, 4.69) is 37.0 Å². The summed E-state index contributed by atoms with van der Waals surface area (Å²) in [6.07, 6.45) is 1.74. The molecule has 0 heterocycles. The molecular weight excluding hydrogens is 554 g/mol. The second-order valence-electron chi connectivity index (χ2n) is 7.36. The normalized spacial score (nSPS) is 12.9. The molecule has 33 heavy (non-hydrogen) atoms. The van der Waals surface area contributed by atoms with Crippen molar-refractivity contribution >= 4 is 44.0 Å². The van der Waals surface area contributed by atoms with E-state index in [1.807, 2.05) is 48.5 Å². The smallest absolute Gasteiger partial charge is 0.350 e. The number of carboxylic acids is 1. The lowest BCUT2D eigenvalue weighted by Gasteiger charge is -2.19. The summed E-state index contributed by atoms with van der Waals surface area (Å²) in [5, 5.41) is 13.1. The Kier molecular flexibility index (Phi) is 8.15. The summed E-state index contributed by atoms with van der Waals surface area (Å²) in [6, 6.07) is 19.2. The van der Waals surface area contributed by atoms with E-state index in [0.717, 1.165) is 16.9 Å². The molecule has 8 heteroatoms. The van der Waals surface area contributed by atoms with Crippen molar-refractivity contribution in [2.45, 2.75) is 25.9 Å². The highest BCUT2D eigenvalue weighted by molar-refractivity contribution is 9.11. The minimum Gasteiger partial charge on any atom is -0.496 e. The van der Waals surface area contributed by atoms with E-state index in [0.29, 0.717) is 26.0 Å². The van der Waals surface area contributed by atoms with Crippen LogP contribution in [0, 0.1) is 0 Å². The van der Waals surface area contributed by atoms with Crippen LogP contribution < -0.4 is 9.47 Å². The van der Waals surface area contributed by atoms with Gasteiger partial charge in [-0.3, -0.25) is 0 Å². The molecule has 0 fully saturated rings. The highest BCUT2D eigenvalue weighted by atomic mass is 79.9. The van der Waals surface area contributed by atoms with Gasteiger partial charge in [0.1, 0.15) is 11.5 Å². The molecule has 0 spiro atoms. The molecule has 0 bridgehead atoms. The molecule has 3 aromatic rings. The van der Waals surface area contributed by atoms with E-state index < -0.39 is 11.6 Å². The molecular formula is C25H23Br2NO5. The van der Waals surface area contributed by atoms with Gasteiger partial charge in [0.2, 0.25) is 5.60 Å². The first-order chi connectivity index (χ1) is 15.8. The first kappa shape index (κ1) is 24.8. The SMILES string of the molecule is CCC(C)(O/N=C/c1cc(Br)c(Oc2ccc(OC)c(-c3ccccc3)c2)c(Br)c1)C(=O)O. The number of ether oxygens (including phenoxy) is 2. The number of carboxylic acid groups (broad SMARTS) is 1. The van der Waals surface area contributed by atoms with Crippen molar-refractivity contribution in [3.8, 4) is 28.4 Å². The standard InChI is InChI=1S/C25H23Br2NO5/c1-4-25(2,24(29)30)33-28-15-16-12-20(26)23(21(27)13-16)32-18-10-11-22(31-3)19(14-18)17-8-6-5-7-9-17/h5-15H,4H2,1-3H3,(H,29,30)/b28-15+. The molecule has 0 radical (unpaired) electrons. The van der Waals surface area contributed by atoms with Crippen LogP contribution in [-0.2, 0) is 9.63 Å². The predicted molar refractivity (Wildman–Crippen MR) is 135 cm³/mol. The summed E-state index contributed by atoms with van der Waals surface area (Å²) in [4.78, 5) is 16.6. The van der Waals surface area contributed by atoms with E-state index in [1.54, 1.807) is 26.2 Å². The molecule has 0 aliphatic carbocycles. The number of carbonyl (C=O) groups is 1. The van der Waals surface area contributed by atoms with Crippen molar-refractivity contribution < 1.29 is 24.2 Å². The molecule has 0 saturated heterocycles. The van der Waals surface area contributed by atoms with Gasteiger partial charge >= 0.3 is 5.97 Å². The van der Waals surface area contributed by atoms with Crippen molar-refractivity contribution in [1.82, 2.24) is 0 Å². The predicted octanol–water partition coefficient (Wildman–Crippen LogP) is 7.28. The molecule has 0 aliphatic heterocycles. The third-order valence-corrected chi connectivity index (χ3v) is 6.26. The molecule has 6 nitrogen and oxygen atoms in total. The van der Waals surface area contributed by atoms with Gasteiger partial charge in [0, 0.05) is 5.56 Å². The summed E-state index contributed by atoms with van der Waals surface area (Å²) in [5.74, 6) is 0.906. The Hall–Kier alpha value is -2.84. The van der Waals surface area contributed by atoms with Crippen LogP contribution in [-0.4, -0.2) is 30.0 Å². The summed E-state index contributed by atoms with van der Waals surface area (Å²) in [7, 11) is 1.64. The van der Waals surface area contributed by atoms with Gasteiger partial charge in [-0.25, -0.2) is 4.79 Å². The third kappa shape index (κ3) is 5.94. The van der Waals surface area contributed by atoms with E-state index in [4.69, 9.17) is 14.3 Å². The van der Waals surface area contributed by atoms with Crippen LogP contribution in [0.25, 0.3) is 11.1 Å². The minimum absolute atomic E-state index is 0.284. The van der Waals surface area contributed by atoms with Gasteiger partial charge in [-0.05, 0) is 86.7 Å². The Morgan fingerprint density at radius 2 is 1.76 bits per heavy atom. The quantitative estimate of drug-likeness (QED) is 0.214. The first-order valence-electron chi connectivity index (χ1n) is 10.1. The highest BCUT2D eigenvalue weighted by Gasteiger charge is 2.33. The number of aliphatic carboxylic acids is 1. The van der Waals surface area contributed by atoms with Crippen LogP contribution in [0.5, 0.6) is 17.2 Å². The van der Waals surface area contributed by atoms with Gasteiger partial charge in [-0.15, -0.1) is 0 Å². The molecule has 0 saturated carbocycles. The van der Waals surface area contributed by atoms with E-state index in [-0.39, 0.29) is 6.42 Å². The minimum atomic E-state index is -1.38. The zero-order valence-corrected chi connectivity index (χ0v) is 21.5. The fourth-order valence-electron chi connectivity index (χ4n) is 2.92.